The molecule has 3 aromatic carbocycles. The first-order valence-electron chi connectivity index (χ1n) is 12.8. The fourth-order valence-corrected chi connectivity index (χ4v) is 5.93. The molecule has 1 N–H and O–H groups in total. The van der Waals surface area contributed by atoms with Gasteiger partial charge in [0.15, 0.2) is 0 Å². The molecule has 0 saturated heterocycles. The van der Waals surface area contributed by atoms with Crippen LogP contribution in [0.3, 0.4) is 0 Å². The van der Waals surface area contributed by atoms with E-state index < -0.39 is 10.0 Å². The van der Waals surface area contributed by atoms with Gasteiger partial charge >= 0.3 is 0 Å². The highest BCUT2D eigenvalue weighted by Gasteiger charge is 2.23. The van der Waals surface area contributed by atoms with Gasteiger partial charge < -0.3 is 10.2 Å². The number of carbonyl (C=O) groups excluding carboxylic acids is 1. The molecule has 0 spiro atoms. The average Bonchev–Trinajstić information content (AvgIpc) is 3.34. The zero-order valence-electron chi connectivity index (χ0n) is 22.7. The lowest BCUT2D eigenvalue weighted by Gasteiger charge is -2.26. The van der Waals surface area contributed by atoms with E-state index in [1.807, 2.05) is 70.4 Å². The summed E-state index contributed by atoms with van der Waals surface area (Å²) in [5.41, 5.74) is 4.78. The van der Waals surface area contributed by atoms with E-state index in [0.717, 1.165) is 31.7 Å². The number of fused-ring (bicyclic) bond motifs is 1. The molecule has 4 aromatic rings. The summed E-state index contributed by atoms with van der Waals surface area (Å²) >= 11 is 0. The van der Waals surface area contributed by atoms with Crippen LogP contribution in [0, 0.1) is 13.8 Å². The SMILES string of the molecule is Cc1ccc(S(=O)(=O)n2ncc3c(C)c(C[C@@H](CNC(=O)C[C@H](C)c4ccccc4)N(C)C)ccc32)cc1. The number of aromatic nitrogens is 2. The Labute approximate surface area is 225 Å². The molecule has 0 aliphatic carbocycles. The van der Waals surface area contributed by atoms with Gasteiger partial charge in [-0.1, -0.05) is 61.0 Å². The molecule has 0 aliphatic heterocycles. The number of benzene rings is 3. The normalized spacial score (nSPS) is 13.5. The molecule has 0 aliphatic rings. The third kappa shape index (κ3) is 5.97. The van der Waals surface area contributed by atoms with Crippen molar-refractivity contribution in [2.75, 3.05) is 20.6 Å². The zero-order valence-corrected chi connectivity index (χ0v) is 23.5. The van der Waals surface area contributed by atoms with Crippen LogP contribution in [0.5, 0.6) is 0 Å². The summed E-state index contributed by atoms with van der Waals surface area (Å²) < 4.78 is 27.6. The molecular weight excluding hydrogens is 496 g/mol. The van der Waals surface area contributed by atoms with Crippen LogP contribution >= 0.6 is 0 Å². The Balaban J connectivity index is 1.48. The molecule has 4 rings (SSSR count). The van der Waals surface area contributed by atoms with Crippen molar-refractivity contribution in [1.82, 2.24) is 19.4 Å². The van der Waals surface area contributed by atoms with E-state index in [1.165, 1.54) is 0 Å². The Hall–Kier alpha value is -3.49. The van der Waals surface area contributed by atoms with Crippen LogP contribution in [-0.4, -0.2) is 55.1 Å². The molecule has 38 heavy (non-hydrogen) atoms. The lowest BCUT2D eigenvalue weighted by atomic mass is 9.96. The number of hydrogen-bond acceptors (Lipinski definition) is 5. The van der Waals surface area contributed by atoms with E-state index in [0.29, 0.717) is 24.9 Å². The summed E-state index contributed by atoms with van der Waals surface area (Å²) in [5, 5.41) is 8.17. The molecule has 2 atom stereocenters. The third-order valence-electron chi connectivity index (χ3n) is 7.23. The quantitative estimate of drug-likeness (QED) is 0.321. The van der Waals surface area contributed by atoms with Crippen molar-refractivity contribution in [2.24, 2.45) is 0 Å². The number of aryl methyl sites for hydroxylation is 2. The Morgan fingerprint density at radius 1 is 1.00 bits per heavy atom. The maximum Gasteiger partial charge on any atom is 0.283 e. The molecule has 7 nitrogen and oxygen atoms in total. The van der Waals surface area contributed by atoms with Crippen LogP contribution in [0.25, 0.3) is 10.9 Å². The summed E-state index contributed by atoms with van der Waals surface area (Å²) in [6, 6.07) is 20.7. The predicted molar refractivity (Wildman–Crippen MR) is 152 cm³/mol. The van der Waals surface area contributed by atoms with Gasteiger partial charge in [0.25, 0.3) is 10.0 Å². The molecule has 0 bridgehead atoms. The number of nitrogens with one attached hydrogen (secondary N) is 1. The second-order valence-electron chi connectivity index (χ2n) is 10.2. The van der Waals surface area contributed by atoms with Crippen molar-refractivity contribution < 1.29 is 13.2 Å². The number of hydrogen-bond donors (Lipinski definition) is 1. The minimum absolute atomic E-state index is 0.0305. The Morgan fingerprint density at radius 2 is 1.68 bits per heavy atom. The predicted octanol–water partition coefficient (Wildman–Crippen LogP) is 4.67. The van der Waals surface area contributed by atoms with Crippen molar-refractivity contribution in [3.8, 4) is 0 Å². The molecule has 1 amide bonds. The average molecular weight is 533 g/mol. The number of amides is 1. The number of nitrogens with zero attached hydrogens (tertiary/aromatic N) is 3. The highest BCUT2D eigenvalue weighted by atomic mass is 32.2. The number of carbonyl (C=O) groups is 1. The summed E-state index contributed by atoms with van der Waals surface area (Å²) in [6.45, 7) is 6.50. The highest BCUT2D eigenvalue weighted by molar-refractivity contribution is 7.90. The zero-order chi connectivity index (χ0) is 27.4. The first-order valence-corrected chi connectivity index (χ1v) is 14.3. The molecule has 8 heteroatoms. The monoisotopic (exact) mass is 532 g/mol. The number of likely N-dealkylation sites (N-methyl/N-ethyl adjacent to an activating group) is 1. The molecule has 0 unspecified atom stereocenters. The van der Waals surface area contributed by atoms with Crippen LogP contribution < -0.4 is 5.32 Å². The molecular formula is C30H36N4O3S. The van der Waals surface area contributed by atoms with E-state index in [-0.39, 0.29) is 22.8 Å². The van der Waals surface area contributed by atoms with E-state index in [9.17, 15) is 13.2 Å². The van der Waals surface area contributed by atoms with Crippen molar-refractivity contribution in [3.05, 3.63) is 95.2 Å². The van der Waals surface area contributed by atoms with Gasteiger partial charge in [0.2, 0.25) is 5.91 Å². The van der Waals surface area contributed by atoms with E-state index in [4.69, 9.17) is 0 Å². The molecule has 0 fully saturated rings. The standard InChI is InChI=1S/C30H36N4O3S/c1-21-11-14-27(15-12-21)38(36,37)34-29-16-13-25(23(3)28(29)20-32-34)18-26(33(4)5)19-31-30(35)17-22(2)24-9-7-6-8-10-24/h6-16,20,22,26H,17-19H2,1-5H3,(H,31,35)/t22-,26-/m0/s1. The minimum Gasteiger partial charge on any atom is -0.355 e. The Bertz CT molecular complexity index is 1510. The first kappa shape index (κ1) is 27.5. The van der Waals surface area contributed by atoms with Crippen molar-refractivity contribution >= 4 is 26.8 Å². The van der Waals surface area contributed by atoms with Crippen LogP contribution in [0.2, 0.25) is 0 Å². The summed E-state index contributed by atoms with van der Waals surface area (Å²) in [7, 11) is 0.203. The fourth-order valence-electron chi connectivity index (χ4n) is 4.66. The van der Waals surface area contributed by atoms with Crippen LogP contribution in [0.15, 0.2) is 77.8 Å². The second kappa shape index (κ2) is 11.5. The van der Waals surface area contributed by atoms with Gasteiger partial charge in [0.05, 0.1) is 16.6 Å². The highest BCUT2D eigenvalue weighted by Crippen LogP contribution is 2.26. The van der Waals surface area contributed by atoms with Crippen LogP contribution in [0.4, 0.5) is 0 Å². The third-order valence-corrected chi connectivity index (χ3v) is 8.84. The van der Waals surface area contributed by atoms with Gasteiger partial charge in [0, 0.05) is 24.4 Å². The van der Waals surface area contributed by atoms with Gasteiger partial charge in [-0.3, -0.25) is 4.79 Å². The van der Waals surface area contributed by atoms with Crippen molar-refractivity contribution in [2.45, 2.75) is 50.5 Å². The maximum absolute atomic E-state index is 13.3. The lowest BCUT2D eigenvalue weighted by molar-refractivity contribution is -0.121. The summed E-state index contributed by atoms with van der Waals surface area (Å²) in [5.74, 6) is 0.175. The van der Waals surface area contributed by atoms with Crippen molar-refractivity contribution in [1.29, 1.82) is 0 Å². The molecule has 200 valence electrons. The van der Waals surface area contributed by atoms with Gasteiger partial charge in [0.1, 0.15) is 0 Å². The maximum atomic E-state index is 13.3. The summed E-state index contributed by atoms with van der Waals surface area (Å²) in [4.78, 5) is 15.0. The number of rotatable bonds is 10. The Morgan fingerprint density at radius 3 is 2.34 bits per heavy atom. The van der Waals surface area contributed by atoms with Crippen LogP contribution in [-0.2, 0) is 21.2 Å². The van der Waals surface area contributed by atoms with Gasteiger partial charge in [-0.2, -0.15) is 17.6 Å². The topological polar surface area (TPSA) is 84.3 Å². The molecule has 1 aromatic heterocycles. The first-order chi connectivity index (χ1) is 18.1. The lowest BCUT2D eigenvalue weighted by Crippen LogP contribution is -2.42. The van der Waals surface area contributed by atoms with Gasteiger partial charge in [-0.05, 0) is 75.2 Å². The summed E-state index contributed by atoms with van der Waals surface area (Å²) in [6.07, 6.45) is 2.76. The largest absolute Gasteiger partial charge is 0.355 e. The molecule has 0 radical (unpaired) electrons. The van der Waals surface area contributed by atoms with Crippen LogP contribution in [0.1, 0.15) is 41.5 Å². The van der Waals surface area contributed by atoms with Gasteiger partial charge in [-0.15, -0.1) is 0 Å². The molecule has 0 saturated carbocycles. The van der Waals surface area contributed by atoms with E-state index in [2.05, 4.69) is 22.2 Å². The Kier molecular flexibility index (Phi) is 8.33. The molecule has 1 heterocycles. The second-order valence-corrected chi connectivity index (χ2v) is 12.0. The minimum atomic E-state index is -3.80. The van der Waals surface area contributed by atoms with E-state index >= 15 is 0 Å². The fraction of sp³-hybridized carbons (Fsp3) is 0.333. The van der Waals surface area contributed by atoms with Crippen molar-refractivity contribution in [3.63, 3.8) is 0 Å². The van der Waals surface area contributed by atoms with E-state index in [1.54, 1.807) is 30.5 Å². The van der Waals surface area contributed by atoms with Gasteiger partial charge in [-0.25, -0.2) is 0 Å². The smallest absolute Gasteiger partial charge is 0.283 e.